The number of non-ortho nitro benzene ring substituents is 1. The Bertz CT molecular complexity index is 607. The van der Waals surface area contributed by atoms with Crippen LogP contribution in [0, 0.1) is 10.1 Å². The van der Waals surface area contributed by atoms with E-state index in [1.807, 2.05) is 5.48 Å². The summed E-state index contributed by atoms with van der Waals surface area (Å²) in [7, 11) is 0. The molecule has 11 nitrogen and oxygen atoms in total. The van der Waals surface area contributed by atoms with Gasteiger partial charge in [-0.25, -0.2) is 10.3 Å². The zero-order valence-corrected chi connectivity index (χ0v) is 12.9. The summed E-state index contributed by atoms with van der Waals surface area (Å²) in [6, 6.07) is 5.32. The summed E-state index contributed by atoms with van der Waals surface area (Å²) in [6.07, 6.45) is -7.60. The monoisotopic (exact) mass is 358 g/mol. The van der Waals surface area contributed by atoms with E-state index in [1.54, 1.807) is 0 Å². The molecule has 5 atom stereocenters. The van der Waals surface area contributed by atoms with Crippen LogP contribution in [-0.4, -0.2) is 68.6 Å². The van der Waals surface area contributed by atoms with Crippen LogP contribution in [-0.2, 0) is 20.8 Å². The Morgan fingerprint density at radius 1 is 1.20 bits per heavy atom. The Morgan fingerprint density at radius 2 is 1.84 bits per heavy atom. The molecule has 1 unspecified atom stereocenters. The fraction of sp³-hybridized carbons (Fsp3) is 0.500. The van der Waals surface area contributed by atoms with Crippen LogP contribution in [0.5, 0.6) is 0 Å². The Kier molecular flexibility index (Phi) is 6.36. The molecule has 1 aliphatic rings. The first kappa shape index (κ1) is 19.2. The number of nitro benzene ring substituents is 1. The van der Waals surface area contributed by atoms with Gasteiger partial charge in [-0.3, -0.25) is 14.9 Å². The van der Waals surface area contributed by atoms with Crippen molar-refractivity contribution in [2.24, 2.45) is 0 Å². The van der Waals surface area contributed by atoms with Gasteiger partial charge in [0.2, 0.25) is 12.2 Å². The minimum Gasteiger partial charge on any atom is -0.394 e. The number of aliphatic hydroxyl groups is 4. The number of nitrogens with one attached hydrogen (secondary N) is 1. The van der Waals surface area contributed by atoms with Gasteiger partial charge in [0.05, 0.1) is 18.0 Å². The van der Waals surface area contributed by atoms with Crippen molar-refractivity contribution < 1.29 is 39.7 Å². The Morgan fingerprint density at radius 3 is 2.40 bits per heavy atom. The van der Waals surface area contributed by atoms with Crippen molar-refractivity contribution in [3.8, 4) is 0 Å². The number of carbonyl (C=O) groups excluding carboxylic acids is 1. The van der Waals surface area contributed by atoms with Crippen LogP contribution >= 0.6 is 0 Å². The smallest absolute Gasteiger partial charge is 0.269 e. The average Bonchev–Trinajstić information content (AvgIpc) is 2.59. The highest BCUT2D eigenvalue weighted by molar-refractivity contribution is 5.77. The van der Waals surface area contributed by atoms with E-state index >= 15 is 0 Å². The van der Waals surface area contributed by atoms with Crippen molar-refractivity contribution >= 4 is 11.6 Å². The molecule has 5 N–H and O–H groups in total. The normalized spacial score (nSPS) is 29.2. The fourth-order valence-corrected chi connectivity index (χ4v) is 2.25. The predicted octanol–water partition coefficient (Wildman–Crippen LogP) is -2.01. The van der Waals surface area contributed by atoms with Crippen LogP contribution in [0.15, 0.2) is 24.3 Å². The zero-order chi connectivity index (χ0) is 18.6. The number of ether oxygens (including phenoxy) is 1. The predicted molar refractivity (Wildman–Crippen MR) is 79.8 cm³/mol. The molecule has 11 heteroatoms. The topological polar surface area (TPSA) is 172 Å². The van der Waals surface area contributed by atoms with Gasteiger partial charge in [-0.05, 0) is 5.56 Å². The maximum Gasteiger partial charge on any atom is 0.269 e. The second-order valence-corrected chi connectivity index (χ2v) is 5.44. The van der Waals surface area contributed by atoms with E-state index in [4.69, 9.17) is 14.7 Å². The summed E-state index contributed by atoms with van der Waals surface area (Å²) in [4.78, 5) is 26.7. The minimum atomic E-state index is -1.64. The highest BCUT2D eigenvalue weighted by Gasteiger charge is 2.44. The van der Waals surface area contributed by atoms with Gasteiger partial charge in [-0.15, -0.1) is 0 Å². The molecule has 0 radical (unpaired) electrons. The summed E-state index contributed by atoms with van der Waals surface area (Å²) in [5, 5.41) is 48.6. The third-order valence-electron chi connectivity index (χ3n) is 3.65. The van der Waals surface area contributed by atoms with Crippen LogP contribution in [0.2, 0.25) is 0 Å². The highest BCUT2D eigenvalue weighted by atomic mass is 16.8. The van der Waals surface area contributed by atoms with Crippen LogP contribution in [0.1, 0.15) is 5.56 Å². The molecule has 0 spiro atoms. The van der Waals surface area contributed by atoms with Gasteiger partial charge < -0.3 is 25.2 Å². The first-order valence-electron chi connectivity index (χ1n) is 7.31. The standard InChI is InChI=1S/C14H18N2O9/c17-6-9-11(19)12(20)13(21)14(24-9)25-15-10(18)5-7-1-3-8(4-2-7)16(22)23/h1-4,9,11-14,17,19-21H,5-6H2,(H,15,18)/t9-,11-,12+,13-,14?/m1/s1. The zero-order valence-electron chi connectivity index (χ0n) is 12.9. The Balaban J connectivity index is 1.87. The summed E-state index contributed by atoms with van der Waals surface area (Å²) < 4.78 is 5.05. The van der Waals surface area contributed by atoms with Crippen molar-refractivity contribution in [2.45, 2.75) is 37.1 Å². The number of benzene rings is 1. The molecule has 2 rings (SSSR count). The lowest BCUT2D eigenvalue weighted by molar-refractivity contribution is -0.384. The molecule has 0 aromatic heterocycles. The van der Waals surface area contributed by atoms with Gasteiger partial charge in [0.15, 0.2) is 0 Å². The number of nitro groups is 1. The second kappa shape index (κ2) is 8.29. The third kappa shape index (κ3) is 4.69. The quantitative estimate of drug-likeness (QED) is 0.284. The maximum absolute atomic E-state index is 11.8. The van der Waals surface area contributed by atoms with E-state index in [-0.39, 0.29) is 12.1 Å². The van der Waals surface area contributed by atoms with Crippen LogP contribution in [0.25, 0.3) is 0 Å². The van der Waals surface area contributed by atoms with Crippen molar-refractivity contribution in [3.63, 3.8) is 0 Å². The highest BCUT2D eigenvalue weighted by Crippen LogP contribution is 2.21. The van der Waals surface area contributed by atoms with E-state index in [1.165, 1.54) is 24.3 Å². The molecule has 1 amide bonds. The molecule has 1 aromatic carbocycles. The number of hydrogen-bond acceptors (Lipinski definition) is 9. The number of nitrogens with zero attached hydrogens (tertiary/aromatic N) is 1. The lowest BCUT2D eigenvalue weighted by Crippen LogP contribution is -2.60. The molecule has 0 saturated carbocycles. The minimum absolute atomic E-state index is 0.110. The van der Waals surface area contributed by atoms with Crippen LogP contribution < -0.4 is 5.48 Å². The molecule has 0 bridgehead atoms. The molecule has 0 aliphatic carbocycles. The van der Waals surface area contributed by atoms with Crippen LogP contribution in [0.4, 0.5) is 5.69 Å². The molecule has 25 heavy (non-hydrogen) atoms. The molecular formula is C14H18N2O9. The van der Waals surface area contributed by atoms with Gasteiger partial charge in [0.1, 0.15) is 24.4 Å². The average molecular weight is 358 g/mol. The van der Waals surface area contributed by atoms with Crippen molar-refractivity contribution in [2.75, 3.05) is 6.61 Å². The lowest BCUT2D eigenvalue weighted by atomic mass is 9.99. The van der Waals surface area contributed by atoms with Gasteiger partial charge >= 0.3 is 0 Å². The molecule has 1 aromatic rings. The molecule has 1 aliphatic heterocycles. The summed E-state index contributed by atoms with van der Waals surface area (Å²) in [5.41, 5.74) is 2.39. The number of amides is 1. The van der Waals surface area contributed by atoms with Crippen molar-refractivity contribution in [3.05, 3.63) is 39.9 Å². The first-order chi connectivity index (χ1) is 11.8. The van der Waals surface area contributed by atoms with Crippen molar-refractivity contribution in [1.82, 2.24) is 5.48 Å². The third-order valence-corrected chi connectivity index (χ3v) is 3.65. The second-order valence-electron chi connectivity index (χ2n) is 5.44. The Labute approximate surface area is 141 Å². The summed E-state index contributed by atoms with van der Waals surface area (Å²) in [5.74, 6) is -0.634. The fourth-order valence-electron chi connectivity index (χ4n) is 2.25. The number of hydrogen-bond donors (Lipinski definition) is 5. The molecule has 138 valence electrons. The van der Waals surface area contributed by atoms with E-state index in [0.29, 0.717) is 5.56 Å². The summed E-state index contributed by atoms with van der Waals surface area (Å²) in [6.45, 7) is -0.623. The van der Waals surface area contributed by atoms with E-state index in [0.717, 1.165) is 0 Å². The molecule has 1 fully saturated rings. The van der Waals surface area contributed by atoms with Gasteiger partial charge in [0, 0.05) is 12.1 Å². The molecular weight excluding hydrogens is 340 g/mol. The lowest BCUT2D eigenvalue weighted by Gasteiger charge is -2.39. The number of aliphatic hydroxyl groups excluding tert-OH is 4. The first-order valence-corrected chi connectivity index (χ1v) is 7.31. The van der Waals surface area contributed by atoms with E-state index < -0.39 is 48.1 Å². The number of hydroxylamine groups is 1. The van der Waals surface area contributed by atoms with Crippen molar-refractivity contribution in [1.29, 1.82) is 0 Å². The largest absolute Gasteiger partial charge is 0.394 e. The van der Waals surface area contributed by atoms with Gasteiger partial charge in [-0.1, -0.05) is 12.1 Å². The van der Waals surface area contributed by atoms with Gasteiger partial charge in [0.25, 0.3) is 5.69 Å². The molecule has 1 saturated heterocycles. The SMILES string of the molecule is O=C(Cc1ccc([N+](=O)[O-])cc1)NOC1O[C@H](CO)[C@@H](O)[C@H](O)[C@H]1O. The van der Waals surface area contributed by atoms with Crippen LogP contribution in [0.3, 0.4) is 0 Å². The van der Waals surface area contributed by atoms with E-state index in [9.17, 15) is 30.2 Å². The Hall–Kier alpha value is -2.15. The van der Waals surface area contributed by atoms with E-state index in [2.05, 4.69) is 0 Å². The maximum atomic E-state index is 11.8. The number of carbonyl (C=O) groups is 1. The summed E-state index contributed by atoms with van der Waals surface area (Å²) >= 11 is 0. The molecule has 1 heterocycles. The van der Waals surface area contributed by atoms with Gasteiger partial charge in [-0.2, -0.15) is 0 Å². The number of rotatable bonds is 6.